The number of amides is 1. The predicted molar refractivity (Wildman–Crippen MR) is 95.4 cm³/mol. The van der Waals surface area contributed by atoms with Crippen LogP contribution < -0.4 is 5.32 Å². The smallest absolute Gasteiger partial charge is 0.219 e. The van der Waals surface area contributed by atoms with Crippen molar-refractivity contribution >= 4 is 27.5 Å². The van der Waals surface area contributed by atoms with Crippen LogP contribution in [-0.4, -0.2) is 24.0 Å². The van der Waals surface area contributed by atoms with Crippen molar-refractivity contribution in [3.8, 4) is 0 Å². The molecular weight excluding hydrogens is 286 g/mol. The number of unbranched alkanes of at least 4 members (excludes halogenated alkanes) is 7. The van der Waals surface area contributed by atoms with Gasteiger partial charge in [0.2, 0.25) is 5.91 Å². The molecule has 0 aromatic carbocycles. The molecule has 1 N–H and O–H groups in total. The highest BCUT2D eigenvalue weighted by molar-refractivity contribution is 8.76. The van der Waals surface area contributed by atoms with Gasteiger partial charge in [-0.3, -0.25) is 4.79 Å². The average Bonchev–Trinajstić information content (AvgIpc) is 2.46. The van der Waals surface area contributed by atoms with Gasteiger partial charge >= 0.3 is 0 Å². The van der Waals surface area contributed by atoms with Crippen molar-refractivity contribution < 1.29 is 4.79 Å². The standard InChI is InChI=1S/C16H33NOS2/c1-3-14-17-16(18)13-11-9-7-5-6-8-10-12-15-20-19-4-2/h3-15H2,1-2H3,(H,17,18). The second-order valence-electron chi connectivity index (χ2n) is 5.16. The zero-order valence-corrected chi connectivity index (χ0v) is 15.1. The maximum absolute atomic E-state index is 11.4. The Hall–Kier alpha value is 0.170. The minimum atomic E-state index is 0.231. The van der Waals surface area contributed by atoms with E-state index in [-0.39, 0.29) is 5.91 Å². The van der Waals surface area contributed by atoms with Crippen molar-refractivity contribution in [1.82, 2.24) is 5.32 Å². The van der Waals surface area contributed by atoms with Crippen molar-refractivity contribution in [2.75, 3.05) is 18.1 Å². The molecule has 0 spiro atoms. The molecular formula is C16H33NOS2. The van der Waals surface area contributed by atoms with Gasteiger partial charge in [-0.05, 0) is 19.3 Å². The monoisotopic (exact) mass is 319 g/mol. The maximum Gasteiger partial charge on any atom is 0.219 e. The van der Waals surface area contributed by atoms with E-state index in [0.29, 0.717) is 6.42 Å². The molecule has 0 aliphatic heterocycles. The number of carbonyl (C=O) groups excluding carboxylic acids is 1. The van der Waals surface area contributed by atoms with Crippen molar-refractivity contribution in [3.63, 3.8) is 0 Å². The Morgan fingerprint density at radius 3 is 2.05 bits per heavy atom. The van der Waals surface area contributed by atoms with Gasteiger partial charge in [0.15, 0.2) is 0 Å². The second-order valence-corrected chi connectivity index (χ2v) is 8.03. The highest BCUT2D eigenvalue weighted by atomic mass is 33.1. The summed E-state index contributed by atoms with van der Waals surface area (Å²) in [6, 6.07) is 0. The van der Waals surface area contributed by atoms with Gasteiger partial charge in [-0.25, -0.2) is 0 Å². The minimum Gasteiger partial charge on any atom is -0.356 e. The summed E-state index contributed by atoms with van der Waals surface area (Å²) in [6.45, 7) is 5.13. The van der Waals surface area contributed by atoms with Crippen LogP contribution in [0.3, 0.4) is 0 Å². The first-order valence-corrected chi connectivity index (χ1v) is 10.8. The van der Waals surface area contributed by atoms with Crippen LogP contribution in [0.5, 0.6) is 0 Å². The summed E-state index contributed by atoms with van der Waals surface area (Å²) >= 11 is 0. The zero-order valence-electron chi connectivity index (χ0n) is 13.4. The molecule has 0 aromatic heterocycles. The number of carbonyl (C=O) groups is 1. The number of hydrogen-bond donors (Lipinski definition) is 1. The van der Waals surface area contributed by atoms with Crippen LogP contribution in [0.1, 0.15) is 78.1 Å². The minimum absolute atomic E-state index is 0.231. The van der Waals surface area contributed by atoms with Gasteiger partial charge in [0.05, 0.1) is 0 Å². The van der Waals surface area contributed by atoms with Gasteiger partial charge in [-0.1, -0.05) is 74.0 Å². The molecule has 0 unspecified atom stereocenters. The molecule has 0 heterocycles. The fourth-order valence-corrected chi connectivity index (χ4v) is 3.82. The Morgan fingerprint density at radius 1 is 0.850 bits per heavy atom. The van der Waals surface area contributed by atoms with Crippen molar-refractivity contribution in [1.29, 1.82) is 0 Å². The first-order chi connectivity index (χ1) is 9.81. The molecule has 120 valence electrons. The molecule has 0 aliphatic rings. The summed E-state index contributed by atoms with van der Waals surface area (Å²) in [5.74, 6) is 2.77. The van der Waals surface area contributed by atoms with E-state index < -0.39 is 0 Å². The van der Waals surface area contributed by atoms with E-state index in [1.165, 1.54) is 56.5 Å². The van der Waals surface area contributed by atoms with Crippen LogP contribution in [0.15, 0.2) is 0 Å². The van der Waals surface area contributed by atoms with Gasteiger partial charge in [-0.15, -0.1) is 0 Å². The first-order valence-electron chi connectivity index (χ1n) is 8.32. The number of nitrogens with one attached hydrogen (secondary N) is 1. The largest absolute Gasteiger partial charge is 0.356 e. The van der Waals surface area contributed by atoms with Gasteiger partial charge in [0.1, 0.15) is 0 Å². The lowest BCUT2D eigenvalue weighted by atomic mass is 10.1. The van der Waals surface area contributed by atoms with Gasteiger partial charge in [-0.2, -0.15) is 0 Å². The quantitative estimate of drug-likeness (QED) is 0.322. The molecule has 0 fully saturated rings. The fraction of sp³-hybridized carbons (Fsp3) is 0.938. The Kier molecular flexibility index (Phi) is 17.4. The molecule has 0 saturated heterocycles. The van der Waals surface area contributed by atoms with Crippen LogP contribution in [-0.2, 0) is 4.79 Å². The maximum atomic E-state index is 11.4. The molecule has 0 radical (unpaired) electrons. The summed E-state index contributed by atoms with van der Waals surface area (Å²) < 4.78 is 0. The van der Waals surface area contributed by atoms with E-state index in [1.807, 2.05) is 21.6 Å². The Balaban J connectivity index is 3.04. The molecule has 0 saturated carbocycles. The third kappa shape index (κ3) is 16.2. The predicted octanol–water partition coefficient (Wildman–Crippen LogP) is 5.42. The SMILES string of the molecule is CCCNC(=O)CCCCCCCCCCSSCC. The first kappa shape index (κ1) is 20.2. The highest BCUT2D eigenvalue weighted by Crippen LogP contribution is 2.22. The summed E-state index contributed by atoms with van der Waals surface area (Å²) in [6.07, 6.45) is 12.2. The summed E-state index contributed by atoms with van der Waals surface area (Å²) in [4.78, 5) is 11.4. The summed E-state index contributed by atoms with van der Waals surface area (Å²) in [5, 5.41) is 2.93. The van der Waals surface area contributed by atoms with E-state index in [4.69, 9.17) is 0 Å². The molecule has 0 rings (SSSR count). The van der Waals surface area contributed by atoms with Crippen molar-refractivity contribution in [2.24, 2.45) is 0 Å². The second kappa shape index (κ2) is 17.2. The lowest BCUT2D eigenvalue weighted by Crippen LogP contribution is -2.23. The Morgan fingerprint density at radius 2 is 1.45 bits per heavy atom. The Bertz CT molecular complexity index is 213. The zero-order chi connectivity index (χ0) is 14.9. The molecule has 0 aromatic rings. The van der Waals surface area contributed by atoms with Gasteiger partial charge < -0.3 is 5.32 Å². The third-order valence-electron chi connectivity index (χ3n) is 3.15. The lowest BCUT2D eigenvalue weighted by Gasteiger charge is -2.04. The van der Waals surface area contributed by atoms with Crippen molar-refractivity contribution in [3.05, 3.63) is 0 Å². The number of rotatable bonds is 15. The molecule has 20 heavy (non-hydrogen) atoms. The summed E-state index contributed by atoms with van der Waals surface area (Å²) in [7, 11) is 3.99. The van der Waals surface area contributed by atoms with E-state index >= 15 is 0 Å². The summed E-state index contributed by atoms with van der Waals surface area (Å²) in [5.41, 5.74) is 0. The molecule has 0 aliphatic carbocycles. The molecule has 4 heteroatoms. The molecule has 0 atom stereocenters. The van der Waals surface area contributed by atoms with Crippen LogP contribution in [0, 0.1) is 0 Å². The van der Waals surface area contributed by atoms with Crippen LogP contribution >= 0.6 is 21.6 Å². The topological polar surface area (TPSA) is 29.1 Å². The highest BCUT2D eigenvalue weighted by Gasteiger charge is 1.99. The molecule has 2 nitrogen and oxygen atoms in total. The third-order valence-corrected chi connectivity index (χ3v) is 5.72. The van der Waals surface area contributed by atoms with E-state index in [0.717, 1.165) is 19.4 Å². The van der Waals surface area contributed by atoms with Crippen molar-refractivity contribution in [2.45, 2.75) is 78.1 Å². The number of hydrogen-bond acceptors (Lipinski definition) is 3. The van der Waals surface area contributed by atoms with Crippen LogP contribution in [0.2, 0.25) is 0 Å². The molecule has 0 bridgehead atoms. The van der Waals surface area contributed by atoms with Gasteiger partial charge in [0, 0.05) is 24.5 Å². The van der Waals surface area contributed by atoms with E-state index in [1.54, 1.807) is 0 Å². The average molecular weight is 320 g/mol. The van der Waals surface area contributed by atoms with E-state index in [9.17, 15) is 4.79 Å². The fourth-order valence-electron chi connectivity index (χ4n) is 2.00. The van der Waals surface area contributed by atoms with E-state index in [2.05, 4.69) is 19.2 Å². The lowest BCUT2D eigenvalue weighted by molar-refractivity contribution is -0.121. The molecule has 1 amide bonds. The van der Waals surface area contributed by atoms with Crippen LogP contribution in [0.25, 0.3) is 0 Å². The van der Waals surface area contributed by atoms with Crippen LogP contribution in [0.4, 0.5) is 0 Å². The van der Waals surface area contributed by atoms with Gasteiger partial charge in [0.25, 0.3) is 0 Å². The normalized spacial score (nSPS) is 10.7. The Labute approximate surface area is 134 Å².